The maximum absolute atomic E-state index is 11.3. The van der Waals surface area contributed by atoms with Crippen LogP contribution < -0.4 is 0 Å². The zero-order valence-corrected chi connectivity index (χ0v) is 11.4. The molecule has 0 aliphatic rings. The first-order valence-electron chi connectivity index (χ1n) is 6.35. The molecular formula is C13H27NO2. The minimum atomic E-state index is -0.678. The Morgan fingerprint density at radius 3 is 1.81 bits per heavy atom. The highest BCUT2D eigenvalue weighted by molar-refractivity contribution is 5.73. The first-order chi connectivity index (χ1) is 7.38. The Labute approximate surface area is 99.8 Å². The van der Waals surface area contributed by atoms with Crippen LogP contribution in [0.2, 0.25) is 0 Å². The van der Waals surface area contributed by atoms with Crippen LogP contribution in [-0.4, -0.2) is 35.1 Å². The molecule has 0 bridgehead atoms. The molecule has 0 aliphatic heterocycles. The van der Waals surface area contributed by atoms with Gasteiger partial charge in [0.1, 0.15) is 6.04 Å². The summed E-state index contributed by atoms with van der Waals surface area (Å²) >= 11 is 0. The molecule has 0 spiro atoms. The van der Waals surface area contributed by atoms with Crippen molar-refractivity contribution in [3.8, 4) is 0 Å². The van der Waals surface area contributed by atoms with Crippen LogP contribution in [0.25, 0.3) is 0 Å². The molecule has 0 rings (SSSR count). The van der Waals surface area contributed by atoms with Gasteiger partial charge >= 0.3 is 5.97 Å². The average molecular weight is 229 g/mol. The standard InChI is InChI=1S/C13H27NO2/c1-6-7-12(13(15)16)14(8-10(2)3)9-11(4)5/h10-12H,6-9H2,1-5H3,(H,15,16). The molecule has 1 unspecified atom stereocenters. The lowest BCUT2D eigenvalue weighted by molar-refractivity contribution is -0.144. The van der Waals surface area contributed by atoms with Gasteiger partial charge in [-0.05, 0) is 18.3 Å². The van der Waals surface area contributed by atoms with Crippen LogP contribution in [0.15, 0.2) is 0 Å². The summed E-state index contributed by atoms with van der Waals surface area (Å²) in [4.78, 5) is 13.4. The Hall–Kier alpha value is -0.570. The van der Waals surface area contributed by atoms with E-state index in [4.69, 9.17) is 0 Å². The quantitative estimate of drug-likeness (QED) is 0.695. The molecule has 0 heterocycles. The molecule has 3 nitrogen and oxygen atoms in total. The van der Waals surface area contributed by atoms with Crippen molar-refractivity contribution in [3.05, 3.63) is 0 Å². The van der Waals surface area contributed by atoms with Crippen molar-refractivity contribution in [3.63, 3.8) is 0 Å². The molecule has 3 heteroatoms. The maximum Gasteiger partial charge on any atom is 0.320 e. The molecule has 0 fully saturated rings. The molecule has 0 aromatic carbocycles. The fourth-order valence-electron chi connectivity index (χ4n) is 2.00. The Morgan fingerprint density at radius 1 is 1.12 bits per heavy atom. The fourth-order valence-corrected chi connectivity index (χ4v) is 2.00. The van der Waals surface area contributed by atoms with E-state index in [1.165, 1.54) is 0 Å². The van der Waals surface area contributed by atoms with E-state index in [2.05, 4.69) is 32.6 Å². The number of hydrogen-bond acceptors (Lipinski definition) is 2. The summed E-state index contributed by atoms with van der Waals surface area (Å²) in [7, 11) is 0. The average Bonchev–Trinajstić information content (AvgIpc) is 2.10. The third-order valence-corrected chi connectivity index (χ3v) is 2.49. The van der Waals surface area contributed by atoms with Crippen molar-refractivity contribution in [1.29, 1.82) is 0 Å². The smallest absolute Gasteiger partial charge is 0.320 e. The number of rotatable bonds is 8. The third-order valence-electron chi connectivity index (χ3n) is 2.49. The van der Waals surface area contributed by atoms with Crippen molar-refractivity contribution < 1.29 is 9.90 Å². The summed E-state index contributed by atoms with van der Waals surface area (Å²) in [6, 6.07) is -0.310. The van der Waals surface area contributed by atoms with Gasteiger partial charge in [0.05, 0.1) is 0 Å². The monoisotopic (exact) mass is 229 g/mol. The highest BCUT2D eigenvalue weighted by atomic mass is 16.4. The van der Waals surface area contributed by atoms with Crippen molar-refractivity contribution in [2.75, 3.05) is 13.1 Å². The number of carboxylic acids is 1. The van der Waals surface area contributed by atoms with Gasteiger partial charge in [-0.15, -0.1) is 0 Å². The molecule has 0 aromatic rings. The van der Waals surface area contributed by atoms with Crippen molar-refractivity contribution in [1.82, 2.24) is 4.90 Å². The summed E-state index contributed by atoms with van der Waals surface area (Å²) in [5.74, 6) is 0.345. The lowest BCUT2D eigenvalue weighted by Crippen LogP contribution is -2.44. The lowest BCUT2D eigenvalue weighted by atomic mass is 10.1. The molecule has 96 valence electrons. The van der Waals surface area contributed by atoms with E-state index < -0.39 is 5.97 Å². The van der Waals surface area contributed by atoms with E-state index in [1.807, 2.05) is 6.92 Å². The number of carbonyl (C=O) groups is 1. The predicted octanol–water partition coefficient (Wildman–Crippen LogP) is 2.85. The molecule has 0 saturated heterocycles. The Bertz CT molecular complexity index is 192. The molecule has 0 amide bonds. The number of carboxylic acid groups (broad SMARTS) is 1. The van der Waals surface area contributed by atoms with Gasteiger partial charge < -0.3 is 5.11 Å². The van der Waals surface area contributed by atoms with Gasteiger partial charge in [0.2, 0.25) is 0 Å². The Morgan fingerprint density at radius 2 is 1.56 bits per heavy atom. The Balaban J connectivity index is 4.59. The number of aliphatic carboxylic acids is 1. The van der Waals surface area contributed by atoms with E-state index >= 15 is 0 Å². The maximum atomic E-state index is 11.3. The van der Waals surface area contributed by atoms with Gasteiger partial charge in [-0.2, -0.15) is 0 Å². The first-order valence-corrected chi connectivity index (χ1v) is 6.35. The van der Waals surface area contributed by atoms with Crippen LogP contribution in [0.5, 0.6) is 0 Å². The highest BCUT2D eigenvalue weighted by Gasteiger charge is 2.25. The largest absolute Gasteiger partial charge is 0.480 e. The summed E-state index contributed by atoms with van der Waals surface area (Å²) in [6.07, 6.45) is 1.67. The zero-order valence-electron chi connectivity index (χ0n) is 11.4. The van der Waals surface area contributed by atoms with Crippen molar-refractivity contribution in [2.24, 2.45) is 11.8 Å². The van der Waals surface area contributed by atoms with E-state index in [1.54, 1.807) is 0 Å². The van der Waals surface area contributed by atoms with Crippen molar-refractivity contribution in [2.45, 2.75) is 53.5 Å². The highest BCUT2D eigenvalue weighted by Crippen LogP contribution is 2.13. The molecule has 1 atom stereocenters. The number of nitrogens with zero attached hydrogens (tertiary/aromatic N) is 1. The summed E-state index contributed by atoms with van der Waals surface area (Å²) in [5, 5.41) is 9.26. The lowest BCUT2D eigenvalue weighted by Gasteiger charge is -2.31. The van der Waals surface area contributed by atoms with Crippen LogP contribution in [0, 0.1) is 11.8 Å². The Kier molecular flexibility index (Phi) is 7.39. The minimum Gasteiger partial charge on any atom is -0.480 e. The second kappa shape index (κ2) is 7.66. The van der Waals surface area contributed by atoms with Crippen LogP contribution in [-0.2, 0) is 4.79 Å². The summed E-state index contributed by atoms with van der Waals surface area (Å²) in [6.45, 7) is 12.3. The summed E-state index contributed by atoms with van der Waals surface area (Å²) in [5.41, 5.74) is 0. The van der Waals surface area contributed by atoms with E-state index in [9.17, 15) is 9.90 Å². The predicted molar refractivity (Wildman–Crippen MR) is 67.6 cm³/mol. The normalized spacial score (nSPS) is 13.8. The van der Waals surface area contributed by atoms with Crippen LogP contribution >= 0.6 is 0 Å². The third kappa shape index (κ3) is 6.11. The molecule has 0 radical (unpaired) electrons. The summed E-state index contributed by atoms with van der Waals surface area (Å²) < 4.78 is 0. The fraction of sp³-hybridized carbons (Fsp3) is 0.923. The number of hydrogen-bond donors (Lipinski definition) is 1. The van der Waals surface area contributed by atoms with Gasteiger partial charge in [-0.25, -0.2) is 0 Å². The van der Waals surface area contributed by atoms with Gasteiger partial charge in [-0.1, -0.05) is 41.0 Å². The minimum absolute atomic E-state index is 0.310. The molecule has 0 saturated carbocycles. The van der Waals surface area contributed by atoms with Crippen molar-refractivity contribution >= 4 is 5.97 Å². The second-order valence-corrected chi connectivity index (χ2v) is 5.38. The van der Waals surface area contributed by atoms with E-state index in [-0.39, 0.29) is 6.04 Å². The van der Waals surface area contributed by atoms with Crippen LogP contribution in [0.1, 0.15) is 47.5 Å². The SMILES string of the molecule is CCCC(C(=O)O)N(CC(C)C)CC(C)C. The van der Waals surface area contributed by atoms with Crippen LogP contribution in [0.4, 0.5) is 0 Å². The van der Waals surface area contributed by atoms with Gasteiger partial charge in [0.25, 0.3) is 0 Å². The van der Waals surface area contributed by atoms with Gasteiger partial charge in [0, 0.05) is 13.1 Å². The molecule has 16 heavy (non-hydrogen) atoms. The molecule has 0 aromatic heterocycles. The first kappa shape index (κ1) is 15.4. The van der Waals surface area contributed by atoms with Crippen LogP contribution in [0.3, 0.4) is 0 Å². The topological polar surface area (TPSA) is 40.5 Å². The molecular weight excluding hydrogens is 202 g/mol. The zero-order chi connectivity index (χ0) is 12.7. The van der Waals surface area contributed by atoms with Gasteiger partial charge in [-0.3, -0.25) is 9.69 Å². The molecule has 0 aliphatic carbocycles. The van der Waals surface area contributed by atoms with E-state index in [0.29, 0.717) is 11.8 Å². The molecule has 1 N–H and O–H groups in total. The van der Waals surface area contributed by atoms with E-state index in [0.717, 1.165) is 25.9 Å². The second-order valence-electron chi connectivity index (χ2n) is 5.38. The van der Waals surface area contributed by atoms with Gasteiger partial charge in [0.15, 0.2) is 0 Å².